The number of carbonyl (C=O) groups excluding carboxylic acids is 2. The van der Waals surface area contributed by atoms with Crippen LogP contribution in [0.3, 0.4) is 0 Å². The van der Waals surface area contributed by atoms with Crippen LogP contribution in [-0.2, 0) is 14.3 Å². The van der Waals surface area contributed by atoms with Crippen molar-refractivity contribution in [3.8, 4) is 0 Å². The first-order valence-electron chi connectivity index (χ1n) is 8.77. The quantitative estimate of drug-likeness (QED) is 0.675. The summed E-state index contributed by atoms with van der Waals surface area (Å²) in [6.45, 7) is 4.36. The standard InChI is InChI=1S/C21H21BrN2O3/c1-14(2)27-12-11-24-20(25)18(15-7-4-3-5-8-15)19(21(24)26)23-17-10-6-9-16(22)13-17/h3-10,13-14,23H,11-12H2,1-2H3. The van der Waals surface area contributed by atoms with Gasteiger partial charge in [0.05, 0.1) is 24.8 Å². The lowest BCUT2D eigenvalue weighted by Crippen LogP contribution is -2.35. The molecule has 2 amide bonds. The number of nitrogens with one attached hydrogen (secondary N) is 1. The number of halogens is 1. The molecule has 0 aromatic heterocycles. The van der Waals surface area contributed by atoms with Gasteiger partial charge in [0.2, 0.25) is 0 Å². The number of hydrogen-bond acceptors (Lipinski definition) is 4. The molecule has 3 rings (SSSR count). The third kappa shape index (κ3) is 4.46. The zero-order valence-electron chi connectivity index (χ0n) is 15.2. The van der Waals surface area contributed by atoms with Crippen molar-refractivity contribution in [2.75, 3.05) is 18.5 Å². The van der Waals surface area contributed by atoms with E-state index < -0.39 is 0 Å². The van der Waals surface area contributed by atoms with Crippen molar-refractivity contribution in [1.29, 1.82) is 0 Å². The van der Waals surface area contributed by atoms with E-state index in [1.807, 2.05) is 68.4 Å². The van der Waals surface area contributed by atoms with Gasteiger partial charge >= 0.3 is 0 Å². The van der Waals surface area contributed by atoms with Crippen LogP contribution in [0, 0.1) is 0 Å². The molecule has 5 nitrogen and oxygen atoms in total. The van der Waals surface area contributed by atoms with Crippen molar-refractivity contribution >= 4 is 39.0 Å². The van der Waals surface area contributed by atoms with Gasteiger partial charge < -0.3 is 10.1 Å². The predicted molar refractivity (Wildman–Crippen MR) is 109 cm³/mol. The molecule has 0 atom stereocenters. The van der Waals surface area contributed by atoms with Crippen LogP contribution in [0.5, 0.6) is 0 Å². The fraction of sp³-hybridized carbons (Fsp3) is 0.238. The number of benzene rings is 2. The van der Waals surface area contributed by atoms with E-state index in [-0.39, 0.29) is 30.2 Å². The Bertz CT molecular complexity index is 878. The van der Waals surface area contributed by atoms with Crippen LogP contribution in [0.4, 0.5) is 5.69 Å². The minimum Gasteiger partial charge on any atom is -0.377 e. The van der Waals surface area contributed by atoms with Crippen LogP contribution in [0.2, 0.25) is 0 Å². The minimum atomic E-state index is -0.341. The summed E-state index contributed by atoms with van der Waals surface area (Å²) in [5, 5.41) is 3.14. The van der Waals surface area contributed by atoms with Gasteiger partial charge in [-0.1, -0.05) is 52.3 Å². The molecule has 1 aliphatic rings. The van der Waals surface area contributed by atoms with E-state index >= 15 is 0 Å². The Morgan fingerprint density at radius 1 is 1.04 bits per heavy atom. The summed E-state index contributed by atoms with van der Waals surface area (Å²) in [6.07, 6.45) is 0.0404. The average molecular weight is 429 g/mol. The largest absolute Gasteiger partial charge is 0.377 e. The molecular weight excluding hydrogens is 408 g/mol. The maximum atomic E-state index is 13.0. The highest BCUT2D eigenvalue weighted by Crippen LogP contribution is 2.30. The van der Waals surface area contributed by atoms with Crippen molar-refractivity contribution < 1.29 is 14.3 Å². The Labute approximate surface area is 167 Å². The fourth-order valence-corrected chi connectivity index (χ4v) is 3.26. The summed E-state index contributed by atoms with van der Waals surface area (Å²) in [5.41, 5.74) is 2.11. The zero-order chi connectivity index (χ0) is 19.4. The van der Waals surface area contributed by atoms with Crippen LogP contribution < -0.4 is 5.32 Å². The molecule has 0 fully saturated rings. The minimum absolute atomic E-state index is 0.0404. The maximum Gasteiger partial charge on any atom is 0.278 e. The second-order valence-corrected chi connectivity index (χ2v) is 7.35. The van der Waals surface area contributed by atoms with Gasteiger partial charge in [-0.25, -0.2) is 0 Å². The van der Waals surface area contributed by atoms with E-state index in [9.17, 15) is 9.59 Å². The van der Waals surface area contributed by atoms with Gasteiger partial charge in [-0.05, 0) is 37.6 Å². The highest BCUT2D eigenvalue weighted by atomic mass is 79.9. The first-order valence-corrected chi connectivity index (χ1v) is 9.56. The summed E-state index contributed by atoms with van der Waals surface area (Å²) >= 11 is 3.42. The topological polar surface area (TPSA) is 58.6 Å². The highest BCUT2D eigenvalue weighted by molar-refractivity contribution is 9.10. The molecule has 140 valence electrons. The lowest BCUT2D eigenvalue weighted by Gasteiger charge is -2.16. The number of imide groups is 1. The molecule has 1 N–H and O–H groups in total. The van der Waals surface area contributed by atoms with Gasteiger partial charge in [0.1, 0.15) is 5.70 Å². The normalized spacial score (nSPS) is 14.4. The van der Waals surface area contributed by atoms with E-state index in [2.05, 4.69) is 21.2 Å². The van der Waals surface area contributed by atoms with E-state index in [0.29, 0.717) is 17.7 Å². The number of anilines is 1. The molecule has 27 heavy (non-hydrogen) atoms. The van der Waals surface area contributed by atoms with Gasteiger partial charge in [-0.3, -0.25) is 14.5 Å². The summed E-state index contributed by atoms with van der Waals surface area (Å²) in [7, 11) is 0. The monoisotopic (exact) mass is 428 g/mol. The first kappa shape index (κ1) is 19.3. The number of amides is 2. The SMILES string of the molecule is CC(C)OCCN1C(=O)C(Nc2cccc(Br)c2)=C(c2ccccc2)C1=O. The van der Waals surface area contributed by atoms with Gasteiger partial charge in [0.15, 0.2) is 0 Å². The molecule has 0 saturated carbocycles. The molecule has 0 aliphatic carbocycles. The summed E-state index contributed by atoms with van der Waals surface area (Å²) in [5.74, 6) is -0.651. The average Bonchev–Trinajstić information content (AvgIpc) is 2.86. The number of hydrogen-bond donors (Lipinski definition) is 1. The number of ether oxygens (including phenoxy) is 1. The molecule has 2 aromatic rings. The Morgan fingerprint density at radius 2 is 1.78 bits per heavy atom. The molecule has 0 unspecified atom stereocenters. The third-order valence-electron chi connectivity index (χ3n) is 4.09. The van der Waals surface area contributed by atoms with Crippen LogP contribution in [-0.4, -0.2) is 36.0 Å². The Hall–Kier alpha value is -2.44. The van der Waals surface area contributed by atoms with E-state index in [1.54, 1.807) is 0 Å². The van der Waals surface area contributed by atoms with E-state index in [0.717, 1.165) is 10.2 Å². The van der Waals surface area contributed by atoms with Crippen LogP contribution in [0.25, 0.3) is 5.57 Å². The van der Waals surface area contributed by atoms with Gasteiger partial charge in [0.25, 0.3) is 11.8 Å². The van der Waals surface area contributed by atoms with Gasteiger partial charge in [-0.15, -0.1) is 0 Å². The fourth-order valence-electron chi connectivity index (χ4n) is 2.86. The summed E-state index contributed by atoms with van der Waals surface area (Å²) in [4.78, 5) is 27.2. The smallest absolute Gasteiger partial charge is 0.278 e. The lowest BCUT2D eigenvalue weighted by atomic mass is 10.0. The first-order chi connectivity index (χ1) is 13.0. The van der Waals surface area contributed by atoms with Gasteiger partial charge in [0, 0.05) is 10.2 Å². The molecule has 6 heteroatoms. The zero-order valence-corrected chi connectivity index (χ0v) is 16.8. The number of rotatable bonds is 7. The highest BCUT2D eigenvalue weighted by Gasteiger charge is 2.38. The molecule has 1 heterocycles. The summed E-state index contributed by atoms with van der Waals surface area (Å²) in [6, 6.07) is 16.7. The van der Waals surface area contributed by atoms with E-state index in [4.69, 9.17) is 4.74 Å². The van der Waals surface area contributed by atoms with Crippen molar-refractivity contribution in [1.82, 2.24) is 4.90 Å². The van der Waals surface area contributed by atoms with Crippen LogP contribution >= 0.6 is 15.9 Å². The molecular formula is C21H21BrN2O3. The Balaban J connectivity index is 1.94. The molecule has 2 aromatic carbocycles. The Morgan fingerprint density at radius 3 is 2.44 bits per heavy atom. The predicted octanol–water partition coefficient (Wildman–Crippen LogP) is 4.07. The molecule has 1 aliphatic heterocycles. The van der Waals surface area contributed by atoms with Crippen molar-refractivity contribution in [2.45, 2.75) is 20.0 Å². The molecule has 0 radical (unpaired) electrons. The second-order valence-electron chi connectivity index (χ2n) is 6.43. The van der Waals surface area contributed by atoms with E-state index in [1.165, 1.54) is 4.90 Å². The summed E-state index contributed by atoms with van der Waals surface area (Å²) < 4.78 is 6.40. The third-order valence-corrected chi connectivity index (χ3v) is 4.58. The number of carbonyl (C=O) groups is 2. The Kier molecular flexibility index (Phi) is 6.08. The second kappa shape index (κ2) is 8.50. The maximum absolute atomic E-state index is 13.0. The van der Waals surface area contributed by atoms with Crippen molar-refractivity contribution in [3.63, 3.8) is 0 Å². The molecule has 0 saturated heterocycles. The van der Waals surface area contributed by atoms with Crippen LogP contribution in [0.15, 0.2) is 64.8 Å². The van der Waals surface area contributed by atoms with Gasteiger partial charge in [-0.2, -0.15) is 0 Å². The molecule has 0 bridgehead atoms. The number of nitrogens with zero attached hydrogens (tertiary/aromatic N) is 1. The van der Waals surface area contributed by atoms with Crippen molar-refractivity contribution in [2.24, 2.45) is 0 Å². The lowest BCUT2D eigenvalue weighted by molar-refractivity contribution is -0.137. The molecule has 0 spiro atoms. The van der Waals surface area contributed by atoms with Crippen molar-refractivity contribution in [3.05, 3.63) is 70.3 Å². The van der Waals surface area contributed by atoms with Crippen LogP contribution in [0.1, 0.15) is 19.4 Å².